The van der Waals surface area contributed by atoms with E-state index in [1.54, 1.807) is 0 Å². The van der Waals surface area contributed by atoms with Crippen LogP contribution in [0.2, 0.25) is 0 Å². The third-order valence-corrected chi connectivity index (χ3v) is 3.86. The molecule has 2 saturated carbocycles. The second-order valence-electron chi connectivity index (χ2n) is 5.04. The van der Waals surface area contributed by atoms with Crippen LogP contribution in [0.3, 0.4) is 0 Å². The maximum absolute atomic E-state index is 11.9. The summed E-state index contributed by atoms with van der Waals surface area (Å²) >= 11 is 0. The predicted octanol–water partition coefficient (Wildman–Crippen LogP) is 1.56. The molecule has 3 heteroatoms. The zero-order valence-corrected chi connectivity index (χ0v) is 9.37. The number of hydrogen-bond acceptors (Lipinski definition) is 2. The average molecular weight is 210 g/mol. The number of amides is 1. The van der Waals surface area contributed by atoms with E-state index in [9.17, 15) is 4.79 Å². The van der Waals surface area contributed by atoms with Gasteiger partial charge in [0, 0.05) is 12.1 Å². The van der Waals surface area contributed by atoms with Gasteiger partial charge in [-0.25, -0.2) is 0 Å². The second kappa shape index (κ2) is 4.97. The van der Waals surface area contributed by atoms with Crippen LogP contribution in [0.15, 0.2) is 0 Å². The zero-order valence-electron chi connectivity index (χ0n) is 9.37. The molecule has 2 atom stereocenters. The van der Waals surface area contributed by atoms with Crippen LogP contribution in [0.4, 0.5) is 0 Å². The molecule has 3 N–H and O–H groups in total. The largest absolute Gasteiger partial charge is 0.353 e. The molecule has 2 aliphatic rings. The smallest absolute Gasteiger partial charge is 0.224 e. The van der Waals surface area contributed by atoms with Gasteiger partial charge >= 0.3 is 0 Å². The lowest BCUT2D eigenvalue weighted by Gasteiger charge is -2.25. The minimum Gasteiger partial charge on any atom is -0.353 e. The standard InChI is InChI=1S/C12H22N2O/c13-11-8-4-7-10(11)12(15)14-9-5-2-1-3-6-9/h9-11H,1-8,13H2,(H,14,15). The van der Waals surface area contributed by atoms with Crippen molar-refractivity contribution in [2.75, 3.05) is 0 Å². The monoisotopic (exact) mass is 210 g/mol. The van der Waals surface area contributed by atoms with E-state index in [0.29, 0.717) is 6.04 Å². The van der Waals surface area contributed by atoms with E-state index in [4.69, 9.17) is 5.73 Å². The first-order valence-corrected chi connectivity index (χ1v) is 6.33. The molecule has 2 rings (SSSR count). The molecule has 15 heavy (non-hydrogen) atoms. The number of nitrogens with two attached hydrogens (primary N) is 1. The number of carbonyl (C=O) groups is 1. The average Bonchev–Trinajstić information content (AvgIpc) is 2.66. The van der Waals surface area contributed by atoms with Crippen molar-refractivity contribution in [1.82, 2.24) is 5.32 Å². The Balaban J connectivity index is 1.80. The van der Waals surface area contributed by atoms with Gasteiger partial charge in [0.15, 0.2) is 0 Å². The summed E-state index contributed by atoms with van der Waals surface area (Å²) in [5.41, 5.74) is 5.92. The lowest BCUT2D eigenvalue weighted by Crippen LogP contribution is -2.44. The maximum Gasteiger partial charge on any atom is 0.224 e. The molecule has 86 valence electrons. The predicted molar refractivity (Wildman–Crippen MR) is 60.3 cm³/mol. The van der Waals surface area contributed by atoms with Crippen LogP contribution >= 0.6 is 0 Å². The van der Waals surface area contributed by atoms with Gasteiger partial charge in [0.25, 0.3) is 0 Å². The molecule has 2 fully saturated rings. The molecular formula is C12H22N2O. The highest BCUT2D eigenvalue weighted by Crippen LogP contribution is 2.25. The fraction of sp³-hybridized carbons (Fsp3) is 0.917. The van der Waals surface area contributed by atoms with Crippen LogP contribution in [-0.2, 0) is 4.79 Å². The van der Waals surface area contributed by atoms with E-state index in [1.165, 1.54) is 19.3 Å². The molecule has 2 unspecified atom stereocenters. The minimum atomic E-state index is 0.0897. The normalized spacial score (nSPS) is 32.9. The molecule has 0 radical (unpaired) electrons. The van der Waals surface area contributed by atoms with E-state index >= 15 is 0 Å². The van der Waals surface area contributed by atoms with Gasteiger partial charge in [-0.1, -0.05) is 25.7 Å². The zero-order chi connectivity index (χ0) is 10.7. The van der Waals surface area contributed by atoms with Gasteiger partial charge < -0.3 is 11.1 Å². The van der Waals surface area contributed by atoms with E-state index in [-0.39, 0.29) is 17.9 Å². The number of nitrogens with one attached hydrogen (secondary N) is 1. The van der Waals surface area contributed by atoms with E-state index < -0.39 is 0 Å². The molecular weight excluding hydrogens is 188 g/mol. The summed E-state index contributed by atoms with van der Waals surface area (Å²) in [6, 6.07) is 0.535. The molecule has 1 amide bonds. The summed E-state index contributed by atoms with van der Waals surface area (Å²) < 4.78 is 0. The first kappa shape index (κ1) is 10.9. The van der Waals surface area contributed by atoms with Crippen molar-refractivity contribution in [1.29, 1.82) is 0 Å². The van der Waals surface area contributed by atoms with Gasteiger partial charge in [0.05, 0.1) is 5.92 Å². The number of rotatable bonds is 2. The molecule has 0 bridgehead atoms. The van der Waals surface area contributed by atoms with E-state index in [0.717, 1.165) is 32.1 Å². The molecule has 0 aromatic heterocycles. The Morgan fingerprint density at radius 2 is 1.73 bits per heavy atom. The second-order valence-corrected chi connectivity index (χ2v) is 5.04. The van der Waals surface area contributed by atoms with Crippen LogP contribution in [0, 0.1) is 5.92 Å². The van der Waals surface area contributed by atoms with Crippen LogP contribution in [-0.4, -0.2) is 18.0 Å². The molecule has 0 saturated heterocycles. The highest BCUT2D eigenvalue weighted by molar-refractivity contribution is 5.80. The summed E-state index contributed by atoms with van der Waals surface area (Å²) in [5.74, 6) is 0.304. The quantitative estimate of drug-likeness (QED) is 0.726. The Labute approximate surface area is 91.8 Å². The van der Waals surface area contributed by atoms with Gasteiger partial charge in [-0.2, -0.15) is 0 Å². The Morgan fingerprint density at radius 1 is 1.00 bits per heavy atom. The molecule has 0 aromatic rings. The molecule has 0 spiro atoms. The summed E-state index contributed by atoms with van der Waals surface area (Å²) in [5, 5.41) is 3.17. The molecule has 0 heterocycles. The summed E-state index contributed by atoms with van der Waals surface area (Å²) in [7, 11) is 0. The Kier molecular flexibility index (Phi) is 3.62. The van der Waals surface area contributed by atoms with Crippen molar-refractivity contribution in [3.8, 4) is 0 Å². The lowest BCUT2D eigenvalue weighted by molar-refractivity contribution is -0.126. The highest BCUT2D eigenvalue weighted by Gasteiger charge is 2.31. The van der Waals surface area contributed by atoms with Gasteiger partial charge in [-0.3, -0.25) is 4.79 Å². The molecule has 0 aliphatic heterocycles. The summed E-state index contributed by atoms with van der Waals surface area (Å²) in [6.07, 6.45) is 9.30. The Morgan fingerprint density at radius 3 is 2.33 bits per heavy atom. The van der Waals surface area contributed by atoms with Crippen LogP contribution in [0.5, 0.6) is 0 Å². The van der Waals surface area contributed by atoms with Gasteiger partial charge in [0.2, 0.25) is 5.91 Å². The van der Waals surface area contributed by atoms with Crippen molar-refractivity contribution in [3.63, 3.8) is 0 Å². The van der Waals surface area contributed by atoms with Crippen LogP contribution in [0.25, 0.3) is 0 Å². The molecule has 3 nitrogen and oxygen atoms in total. The summed E-state index contributed by atoms with van der Waals surface area (Å²) in [4.78, 5) is 11.9. The Hall–Kier alpha value is -0.570. The number of carbonyl (C=O) groups excluding carboxylic acids is 1. The van der Waals surface area contributed by atoms with Crippen molar-refractivity contribution >= 4 is 5.91 Å². The third-order valence-electron chi connectivity index (χ3n) is 3.86. The fourth-order valence-electron chi connectivity index (χ4n) is 2.87. The topological polar surface area (TPSA) is 55.1 Å². The first-order valence-electron chi connectivity index (χ1n) is 6.33. The van der Waals surface area contributed by atoms with Crippen molar-refractivity contribution in [3.05, 3.63) is 0 Å². The summed E-state index contributed by atoms with van der Waals surface area (Å²) in [6.45, 7) is 0. The number of hydrogen-bond donors (Lipinski definition) is 2. The minimum absolute atomic E-state index is 0.0897. The van der Waals surface area contributed by atoms with E-state index in [1.807, 2.05) is 0 Å². The highest BCUT2D eigenvalue weighted by atomic mass is 16.2. The van der Waals surface area contributed by atoms with Gasteiger partial charge in [-0.05, 0) is 25.7 Å². The van der Waals surface area contributed by atoms with Crippen LogP contribution < -0.4 is 11.1 Å². The third kappa shape index (κ3) is 2.71. The fourth-order valence-corrected chi connectivity index (χ4v) is 2.87. The SMILES string of the molecule is NC1CCCC1C(=O)NC1CCCCC1. The van der Waals surface area contributed by atoms with Gasteiger partial charge in [-0.15, -0.1) is 0 Å². The molecule has 0 aromatic carbocycles. The van der Waals surface area contributed by atoms with Crippen molar-refractivity contribution < 1.29 is 4.79 Å². The van der Waals surface area contributed by atoms with Crippen LogP contribution in [0.1, 0.15) is 51.4 Å². The lowest BCUT2D eigenvalue weighted by atomic mass is 9.94. The van der Waals surface area contributed by atoms with Gasteiger partial charge in [0.1, 0.15) is 0 Å². The Bertz CT molecular complexity index is 224. The van der Waals surface area contributed by atoms with E-state index in [2.05, 4.69) is 5.32 Å². The maximum atomic E-state index is 11.9. The van der Waals surface area contributed by atoms with Crippen molar-refractivity contribution in [2.24, 2.45) is 11.7 Å². The molecule has 2 aliphatic carbocycles. The first-order chi connectivity index (χ1) is 7.27. The van der Waals surface area contributed by atoms with Crippen molar-refractivity contribution in [2.45, 2.75) is 63.5 Å².